The molecule has 0 radical (unpaired) electrons. The summed E-state index contributed by atoms with van der Waals surface area (Å²) in [5.74, 6) is 0. The van der Waals surface area contributed by atoms with Crippen LogP contribution in [0.3, 0.4) is 0 Å². The summed E-state index contributed by atoms with van der Waals surface area (Å²) in [5, 5.41) is 0. The Balaban J connectivity index is 5.77. The molecule has 0 aromatic carbocycles. The molecule has 14 heavy (non-hydrogen) atoms. The minimum absolute atomic E-state index is 0.354. The molecule has 1 nitrogen and oxygen atoms in total. The third-order valence-corrected chi connectivity index (χ3v) is 20.4. The van der Waals surface area contributed by atoms with Gasteiger partial charge in [-0.2, -0.15) is 0 Å². The van der Waals surface area contributed by atoms with Gasteiger partial charge >= 0.3 is 90.9 Å². The fraction of sp³-hybridized carbons (Fsp3) is 1.00. The average Bonchev–Trinajstić information content (AvgIpc) is 2.00. The van der Waals surface area contributed by atoms with Crippen LogP contribution < -0.4 is 0 Å². The van der Waals surface area contributed by atoms with Gasteiger partial charge in [0.05, 0.1) is 0 Å². The fourth-order valence-electron chi connectivity index (χ4n) is 4.00. The monoisotopic (exact) mass is 236 g/mol. The van der Waals surface area contributed by atoms with Crippen molar-refractivity contribution in [2.45, 2.75) is 72.3 Å². The quantitative estimate of drug-likeness (QED) is 0.602. The molecule has 0 aromatic rings. The van der Waals surface area contributed by atoms with Crippen LogP contribution in [0, 0.1) is 0 Å². The summed E-state index contributed by atoms with van der Waals surface area (Å²) in [6, 6.07) is 0. The van der Waals surface area contributed by atoms with Crippen LogP contribution >= 0.6 is 0 Å². The Morgan fingerprint density at radius 3 is 0.714 bits per heavy atom. The van der Waals surface area contributed by atoms with Gasteiger partial charge in [-0.05, 0) is 0 Å². The van der Waals surface area contributed by atoms with E-state index >= 15 is 0 Å². The molecule has 0 spiro atoms. The molecular weight excluding hydrogens is 208 g/mol. The summed E-state index contributed by atoms with van der Waals surface area (Å²) < 4.78 is 15.1. The molecule has 0 N–H and O–H groups in total. The second kappa shape index (κ2) is 4.18. The second-order valence-corrected chi connectivity index (χ2v) is 17.9. The molecule has 0 atom stereocenters. The van der Waals surface area contributed by atoms with Crippen LogP contribution in [0.1, 0.15) is 55.4 Å². The molecule has 0 amide bonds. The van der Waals surface area contributed by atoms with E-state index in [4.69, 9.17) is 0 Å². The normalized spacial score (nSPS) is 14.9. The Labute approximate surface area is 90.9 Å². The van der Waals surface area contributed by atoms with E-state index in [1.807, 2.05) is 0 Å². The SMILES string of the molecule is C[CH](C)[Ti](=[O])([CH](C)C)([CH](C)C)[CH](C)C. The molecule has 0 bridgehead atoms. The zero-order chi connectivity index (χ0) is 11.8. The van der Waals surface area contributed by atoms with Crippen molar-refractivity contribution in [3.05, 3.63) is 0 Å². The topological polar surface area (TPSA) is 17.1 Å². The summed E-state index contributed by atoms with van der Waals surface area (Å²) in [7, 11) is 0. The molecule has 0 fully saturated rings. The van der Waals surface area contributed by atoms with Crippen molar-refractivity contribution in [3.8, 4) is 0 Å². The van der Waals surface area contributed by atoms with Gasteiger partial charge < -0.3 is 0 Å². The molecule has 0 rings (SSSR count). The van der Waals surface area contributed by atoms with Gasteiger partial charge in [0.25, 0.3) is 0 Å². The summed E-state index contributed by atoms with van der Waals surface area (Å²) in [4.78, 5) is 0. The average molecular weight is 236 g/mol. The molecule has 0 heterocycles. The van der Waals surface area contributed by atoms with Crippen molar-refractivity contribution in [2.75, 3.05) is 0 Å². The third-order valence-electron chi connectivity index (χ3n) is 4.94. The van der Waals surface area contributed by atoms with Gasteiger partial charge in [0.2, 0.25) is 0 Å². The zero-order valence-corrected chi connectivity index (χ0v) is 12.8. The first-order valence-corrected chi connectivity index (χ1v) is 10.2. The van der Waals surface area contributed by atoms with Crippen molar-refractivity contribution >= 4 is 0 Å². The maximum atomic E-state index is 13.7. The van der Waals surface area contributed by atoms with Crippen LogP contribution in [0.5, 0.6) is 0 Å². The second-order valence-electron chi connectivity index (χ2n) is 6.09. The van der Waals surface area contributed by atoms with E-state index < -0.39 is 15.3 Å². The van der Waals surface area contributed by atoms with Gasteiger partial charge in [0.15, 0.2) is 0 Å². The van der Waals surface area contributed by atoms with Crippen molar-refractivity contribution < 1.29 is 18.6 Å². The molecule has 0 aliphatic heterocycles. The maximum absolute atomic E-state index is 13.7. The van der Waals surface area contributed by atoms with Crippen LogP contribution in [0.4, 0.5) is 0 Å². The van der Waals surface area contributed by atoms with Crippen LogP contribution in [0.15, 0.2) is 0 Å². The number of rotatable bonds is 4. The summed E-state index contributed by atoms with van der Waals surface area (Å²) >= 11 is -3.61. The van der Waals surface area contributed by atoms with E-state index in [9.17, 15) is 3.32 Å². The fourth-order valence-corrected chi connectivity index (χ4v) is 16.5. The summed E-state index contributed by atoms with van der Waals surface area (Å²) in [6.45, 7) is 17.3. The van der Waals surface area contributed by atoms with Crippen molar-refractivity contribution in [3.63, 3.8) is 0 Å². The van der Waals surface area contributed by atoms with E-state index in [-0.39, 0.29) is 0 Å². The van der Waals surface area contributed by atoms with E-state index in [0.29, 0.717) is 16.9 Å². The van der Waals surface area contributed by atoms with Crippen LogP contribution in [0.2, 0.25) is 16.9 Å². The number of hydrogen-bond acceptors (Lipinski definition) is 1. The van der Waals surface area contributed by atoms with E-state index in [1.54, 1.807) is 0 Å². The van der Waals surface area contributed by atoms with Crippen molar-refractivity contribution in [2.24, 2.45) is 0 Å². The molecule has 0 saturated heterocycles. The van der Waals surface area contributed by atoms with Gasteiger partial charge in [0, 0.05) is 0 Å². The van der Waals surface area contributed by atoms with E-state index in [1.165, 1.54) is 0 Å². The molecule has 0 unspecified atom stereocenters. The van der Waals surface area contributed by atoms with Gasteiger partial charge in [-0.15, -0.1) is 0 Å². The van der Waals surface area contributed by atoms with Gasteiger partial charge in [-0.3, -0.25) is 0 Å². The summed E-state index contributed by atoms with van der Waals surface area (Å²) in [5.41, 5.74) is 0. The first-order valence-electron chi connectivity index (χ1n) is 5.98. The van der Waals surface area contributed by atoms with Gasteiger partial charge in [-0.1, -0.05) is 0 Å². The summed E-state index contributed by atoms with van der Waals surface area (Å²) in [6.07, 6.45) is 0. The van der Waals surface area contributed by atoms with Gasteiger partial charge in [0.1, 0.15) is 0 Å². The Bertz CT molecular complexity index is 196. The predicted octanol–water partition coefficient (Wildman–Crippen LogP) is 5.33. The Morgan fingerprint density at radius 1 is 0.571 bits per heavy atom. The van der Waals surface area contributed by atoms with E-state index in [0.717, 1.165) is 0 Å². The molecule has 0 aliphatic rings. The first kappa shape index (κ1) is 14.5. The van der Waals surface area contributed by atoms with Crippen LogP contribution in [-0.2, 0) is 18.6 Å². The minimum atomic E-state index is -3.61. The Kier molecular flexibility index (Phi) is 4.33. The van der Waals surface area contributed by atoms with Gasteiger partial charge in [-0.25, -0.2) is 0 Å². The predicted molar refractivity (Wildman–Crippen MR) is 61.1 cm³/mol. The van der Waals surface area contributed by atoms with Crippen molar-refractivity contribution in [1.29, 1.82) is 0 Å². The molecule has 0 saturated carbocycles. The zero-order valence-electron chi connectivity index (χ0n) is 11.2. The van der Waals surface area contributed by atoms with Crippen LogP contribution in [-0.4, -0.2) is 0 Å². The Morgan fingerprint density at radius 2 is 0.714 bits per heavy atom. The molecule has 86 valence electrons. The number of hydrogen-bond donors (Lipinski definition) is 0. The molecular formula is C12H28OTi. The third kappa shape index (κ3) is 1.57. The molecule has 0 aromatic heterocycles. The van der Waals surface area contributed by atoms with E-state index in [2.05, 4.69) is 55.4 Å². The standard InChI is InChI=1S/4C3H7.O.Ti/c4*1-3-2;;/h4*3H,1-2H3;;. The van der Waals surface area contributed by atoms with Crippen molar-refractivity contribution in [1.82, 2.24) is 0 Å². The molecule has 0 aliphatic carbocycles. The molecule has 2 heteroatoms. The Hall–Kier alpha value is 0.514. The first-order chi connectivity index (χ1) is 6.10. The van der Waals surface area contributed by atoms with Crippen LogP contribution in [0.25, 0.3) is 0 Å².